The summed E-state index contributed by atoms with van der Waals surface area (Å²) in [5.41, 5.74) is 4.46. The predicted molar refractivity (Wildman–Crippen MR) is 116 cm³/mol. The van der Waals surface area contributed by atoms with Crippen molar-refractivity contribution < 1.29 is 4.79 Å². The second kappa shape index (κ2) is 7.94. The lowest BCUT2D eigenvalue weighted by molar-refractivity contribution is 0.217. The number of halogens is 2. The minimum absolute atomic E-state index is 0.0755. The van der Waals surface area contributed by atoms with Gasteiger partial charge >= 0.3 is 6.03 Å². The second-order valence-electron chi connectivity index (χ2n) is 7.83. The van der Waals surface area contributed by atoms with Gasteiger partial charge in [0.05, 0.1) is 0 Å². The summed E-state index contributed by atoms with van der Waals surface area (Å²) in [4.78, 5) is 18.6. The van der Waals surface area contributed by atoms with Crippen molar-refractivity contribution in [3.8, 4) is 0 Å². The Kier molecular flexibility index (Phi) is 5.55. The van der Waals surface area contributed by atoms with Gasteiger partial charge in [-0.3, -0.25) is 4.90 Å². The highest BCUT2D eigenvalue weighted by Gasteiger charge is 2.27. The molecule has 1 saturated heterocycles. The summed E-state index contributed by atoms with van der Waals surface area (Å²) in [6.07, 6.45) is 2.19. The van der Waals surface area contributed by atoms with Crippen LogP contribution in [0.4, 0.5) is 10.5 Å². The van der Waals surface area contributed by atoms with Gasteiger partial charge in [-0.2, -0.15) is 0 Å². The lowest BCUT2D eigenvalue weighted by atomic mass is 9.84. The first-order valence-electron chi connectivity index (χ1n) is 9.73. The van der Waals surface area contributed by atoms with Crippen molar-refractivity contribution in [2.24, 2.45) is 0 Å². The fraction of sp³-hybridized carbons (Fsp3) is 0.409. The molecule has 4 nitrogen and oxygen atoms in total. The maximum atomic E-state index is 12.6. The predicted octanol–water partition coefficient (Wildman–Crippen LogP) is 5.22. The van der Waals surface area contributed by atoms with E-state index in [0.717, 1.165) is 55.3 Å². The van der Waals surface area contributed by atoms with E-state index in [-0.39, 0.29) is 11.9 Å². The summed E-state index contributed by atoms with van der Waals surface area (Å²) >= 11 is 12.8. The lowest BCUT2D eigenvalue weighted by Crippen LogP contribution is -2.39. The molecule has 6 heteroatoms. The molecule has 4 rings (SSSR count). The van der Waals surface area contributed by atoms with Gasteiger partial charge in [0.25, 0.3) is 0 Å². The number of rotatable bonds is 2. The number of amides is 2. The maximum absolute atomic E-state index is 12.6. The quantitative estimate of drug-likeness (QED) is 0.669. The average molecular weight is 418 g/mol. The van der Waals surface area contributed by atoms with Gasteiger partial charge in [-0.1, -0.05) is 35.3 Å². The molecule has 2 aromatic carbocycles. The summed E-state index contributed by atoms with van der Waals surface area (Å²) < 4.78 is 0. The first-order chi connectivity index (χ1) is 13.4. The van der Waals surface area contributed by atoms with Crippen molar-refractivity contribution in [2.45, 2.75) is 25.3 Å². The summed E-state index contributed by atoms with van der Waals surface area (Å²) in [5, 5.41) is 1.40. The number of anilines is 1. The fourth-order valence-electron chi connectivity index (χ4n) is 4.29. The van der Waals surface area contributed by atoms with E-state index in [0.29, 0.717) is 5.02 Å². The zero-order chi connectivity index (χ0) is 19.8. The highest BCUT2D eigenvalue weighted by molar-refractivity contribution is 6.35. The van der Waals surface area contributed by atoms with Crippen molar-refractivity contribution in [2.75, 3.05) is 38.6 Å². The molecule has 2 aliphatic rings. The maximum Gasteiger partial charge on any atom is 0.324 e. The number of fused-ring (bicyclic) bond motifs is 1. The normalized spacial score (nSPS) is 19.6. The molecule has 0 aliphatic carbocycles. The Morgan fingerprint density at radius 3 is 2.46 bits per heavy atom. The van der Waals surface area contributed by atoms with Crippen LogP contribution in [0.5, 0.6) is 0 Å². The molecule has 2 aromatic rings. The Morgan fingerprint density at radius 2 is 1.79 bits per heavy atom. The first kappa shape index (κ1) is 19.6. The monoisotopic (exact) mass is 417 g/mol. The zero-order valence-corrected chi connectivity index (χ0v) is 17.8. The number of benzene rings is 2. The molecule has 1 fully saturated rings. The highest BCUT2D eigenvalue weighted by atomic mass is 35.5. The SMILES string of the molecule is CN1Cc2c(Cl)cc(Cl)cc2C(c2ccc(N(C)C(=O)N3CCCC3)cc2)C1. The first-order valence-corrected chi connectivity index (χ1v) is 10.5. The van der Waals surface area contributed by atoms with Crippen molar-refractivity contribution in [1.82, 2.24) is 9.80 Å². The Bertz CT molecular complexity index is 878. The number of carbonyl (C=O) groups is 1. The van der Waals surface area contributed by atoms with Crippen LogP contribution in [0, 0.1) is 0 Å². The van der Waals surface area contributed by atoms with Crippen molar-refractivity contribution in [3.63, 3.8) is 0 Å². The largest absolute Gasteiger partial charge is 0.324 e. The molecule has 148 valence electrons. The second-order valence-corrected chi connectivity index (χ2v) is 8.68. The molecule has 2 aliphatic heterocycles. The Hall–Kier alpha value is -1.75. The van der Waals surface area contributed by atoms with E-state index in [1.807, 2.05) is 36.2 Å². The van der Waals surface area contributed by atoms with E-state index >= 15 is 0 Å². The summed E-state index contributed by atoms with van der Waals surface area (Å²) in [6.45, 7) is 3.44. The molecular weight excluding hydrogens is 393 g/mol. The zero-order valence-electron chi connectivity index (χ0n) is 16.3. The van der Waals surface area contributed by atoms with Crippen LogP contribution in [0.15, 0.2) is 36.4 Å². The number of carbonyl (C=O) groups excluding carboxylic acids is 1. The lowest BCUT2D eigenvalue weighted by Gasteiger charge is -2.33. The van der Waals surface area contributed by atoms with Crippen molar-refractivity contribution in [1.29, 1.82) is 0 Å². The highest BCUT2D eigenvalue weighted by Crippen LogP contribution is 2.38. The third kappa shape index (κ3) is 3.73. The molecule has 0 bridgehead atoms. The molecular formula is C22H25Cl2N3O. The summed E-state index contributed by atoms with van der Waals surface area (Å²) in [7, 11) is 3.95. The number of hydrogen-bond acceptors (Lipinski definition) is 2. The van der Waals surface area contributed by atoms with Gasteiger partial charge in [-0.25, -0.2) is 4.79 Å². The van der Waals surface area contributed by atoms with E-state index in [1.54, 1.807) is 4.90 Å². The number of nitrogens with zero attached hydrogens (tertiary/aromatic N) is 3. The van der Waals surface area contributed by atoms with E-state index < -0.39 is 0 Å². The van der Waals surface area contributed by atoms with Gasteiger partial charge in [0.1, 0.15) is 0 Å². The van der Waals surface area contributed by atoms with Gasteiger partial charge < -0.3 is 9.80 Å². The van der Waals surface area contributed by atoms with Crippen LogP contribution < -0.4 is 4.90 Å². The molecule has 0 aromatic heterocycles. The Labute approximate surface area is 176 Å². The average Bonchev–Trinajstić information content (AvgIpc) is 3.22. The minimum atomic E-state index is 0.0755. The van der Waals surface area contributed by atoms with Crippen LogP contribution in [0.1, 0.15) is 35.4 Å². The van der Waals surface area contributed by atoms with Crippen LogP contribution in [0.3, 0.4) is 0 Å². The molecule has 0 radical (unpaired) electrons. The van der Waals surface area contributed by atoms with Gasteiger partial charge in [0, 0.05) is 54.9 Å². The fourth-order valence-corrected chi connectivity index (χ4v) is 4.86. The van der Waals surface area contributed by atoms with Gasteiger partial charge in [-0.05, 0) is 60.8 Å². The van der Waals surface area contributed by atoms with Crippen LogP contribution in [-0.4, -0.2) is 49.6 Å². The number of hydrogen-bond donors (Lipinski definition) is 0. The Balaban J connectivity index is 1.60. The molecule has 0 N–H and O–H groups in total. The molecule has 0 spiro atoms. The van der Waals surface area contributed by atoms with Gasteiger partial charge in [0.15, 0.2) is 0 Å². The molecule has 28 heavy (non-hydrogen) atoms. The molecule has 1 unspecified atom stereocenters. The molecule has 0 saturated carbocycles. The van der Waals surface area contributed by atoms with Crippen LogP contribution in [0.25, 0.3) is 0 Å². The van der Waals surface area contributed by atoms with Gasteiger partial charge in [-0.15, -0.1) is 0 Å². The van der Waals surface area contributed by atoms with Crippen LogP contribution in [0.2, 0.25) is 10.0 Å². The molecule has 2 heterocycles. The third-order valence-electron chi connectivity index (χ3n) is 5.84. The smallest absolute Gasteiger partial charge is 0.324 e. The van der Waals surface area contributed by atoms with E-state index in [2.05, 4.69) is 24.1 Å². The summed E-state index contributed by atoms with van der Waals surface area (Å²) in [5.74, 6) is 0.207. The molecule has 2 amide bonds. The van der Waals surface area contributed by atoms with Crippen LogP contribution in [-0.2, 0) is 6.54 Å². The van der Waals surface area contributed by atoms with Crippen molar-refractivity contribution >= 4 is 34.9 Å². The van der Waals surface area contributed by atoms with E-state index in [4.69, 9.17) is 23.2 Å². The number of urea groups is 1. The standard InChI is InChI=1S/C22H25Cl2N3O/c1-25-13-19(18-11-16(23)12-21(24)20(18)14-25)15-5-7-17(8-6-15)26(2)22(28)27-9-3-4-10-27/h5-8,11-12,19H,3-4,9-10,13-14H2,1-2H3. The minimum Gasteiger partial charge on any atom is -0.324 e. The van der Waals surface area contributed by atoms with Crippen LogP contribution >= 0.6 is 23.2 Å². The summed E-state index contributed by atoms with van der Waals surface area (Å²) in [6, 6.07) is 12.2. The van der Waals surface area contributed by atoms with E-state index in [1.165, 1.54) is 11.1 Å². The third-order valence-corrected chi connectivity index (χ3v) is 6.39. The van der Waals surface area contributed by atoms with Gasteiger partial charge in [0.2, 0.25) is 0 Å². The Morgan fingerprint density at radius 1 is 1.11 bits per heavy atom. The molecule has 1 atom stereocenters. The number of likely N-dealkylation sites (N-methyl/N-ethyl adjacent to an activating group) is 1. The topological polar surface area (TPSA) is 26.8 Å². The van der Waals surface area contributed by atoms with Crippen molar-refractivity contribution in [3.05, 3.63) is 63.1 Å². The van der Waals surface area contributed by atoms with E-state index in [9.17, 15) is 4.79 Å². The number of likely N-dealkylation sites (tertiary alicyclic amines) is 1.